The highest BCUT2D eigenvalue weighted by Gasteiger charge is 2.27. The molecule has 0 spiro atoms. The summed E-state index contributed by atoms with van der Waals surface area (Å²) in [5, 5.41) is 13.8. The molecule has 5 N–H and O–H groups in total. The lowest BCUT2D eigenvalue weighted by Gasteiger charge is -2.25. The fourth-order valence-electron chi connectivity index (χ4n) is 6.80. The van der Waals surface area contributed by atoms with Gasteiger partial charge in [0.1, 0.15) is 0 Å². The Bertz CT molecular complexity index is 959. The average molecular weight is 797 g/mol. The maximum atomic E-state index is 12.8. The highest BCUT2D eigenvalue weighted by Crippen LogP contribution is 2.43. The first-order valence-corrected chi connectivity index (χ1v) is 24.6. The van der Waals surface area contributed by atoms with Gasteiger partial charge in [-0.05, 0) is 44.9 Å². The number of carbonyl (C=O) groups is 1. The van der Waals surface area contributed by atoms with Crippen molar-refractivity contribution >= 4 is 13.7 Å². The second-order valence-corrected chi connectivity index (χ2v) is 17.0. The Kier molecular flexibility index (Phi) is 41.3. The van der Waals surface area contributed by atoms with E-state index in [2.05, 4.69) is 55.6 Å². The highest BCUT2D eigenvalue weighted by atomic mass is 31.2. The van der Waals surface area contributed by atoms with Gasteiger partial charge in [-0.1, -0.05) is 204 Å². The van der Waals surface area contributed by atoms with Crippen LogP contribution < -0.4 is 11.1 Å². The van der Waals surface area contributed by atoms with Gasteiger partial charge in [0.15, 0.2) is 0 Å². The zero-order valence-corrected chi connectivity index (χ0v) is 36.8. The number of phosphoric ester groups is 1. The maximum Gasteiger partial charge on any atom is 0.472 e. The normalized spacial score (nSPS) is 14.3. The van der Waals surface area contributed by atoms with E-state index in [0.29, 0.717) is 12.8 Å². The summed E-state index contributed by atoms with van der Waals surface area (Å²) in [6.07, 6.45) is 50.2. The third-order valence-corrected chi connectivity index (χ3v) is 11.2. The molecule has 0 aliphatic carbocycles. The minimum absolute atomic E-state index is 0.0852. The molecule has 0 aliphatic rings. The van der Waals surface area contributed by atoms with Crippen molar-refractivity contribution in [3.8, 4) is 0 Å². The van der Waals surface area contributed by atoms with Crippen molar-refractivity contribution in [3.63, 3.8) is 0 Å². The van der Waals surface area contributed by atoms with E-state index in [4.69, 9.17) is 14.8 Å². The van der Waals surface area contributed by atoms with E-state index in [1.54, 1.807) is 0 Å². The van der Waals surface area contributed by atoms with Crippen LogP contribution in [0.15, 0.2) is 36.5 Å². The number of nitrogens with one attached hydrogen (secondary N) is 1. The summed E-state index contributed by atoms with van der Waals surface area (Å²) in [7, 11) is -4.32. The van der Waals surface area contributed by atoms with Crippen LogP contribution in [-0.2, 0) is 18.4 Å². The molecule has 3 atom stereocenters. The number of hydrogen-bond acceptors (Lipinski definition) is 6. The molecule has 324 valence electrons. The summed E-state index contributed by atoms with van der Waals surface area (Å²) in [6.45, 7) is 4.10. The van der Waals surface area contributed by atoms with Crippen molar-refractivity contribution in [1.82, 2.24) is 5.32 Å². The van der Waals surface area contributed by atoms with E-state index in [0.717, 1.165) is 77.0 Å². The van der Waals surface area contributed by atoms with Crippen LogP contribution in [0, 0.1) is 0 Å². The molecule has 0 saturated heterocycles. The van der Waals surface area contributed by atoms with Gasteiger partial charge in [0.05, 0.1) is 25.4 Å². The molecule has 0 saturated carbocycles. The first-order chi connectivity index (χ1) is 26.9. The van der Waals surface area contributed by atoms with Gasteiger partial charge in [-0.15, -0.1) is 0 Å². The molecule has 55 heavy (non-hydrogen) atoms. The highest BCUT2D eigenvalue weighted by molar-refractivity contribution is 7.47. The number of aliphatic hydroxyl groups is 1. The number of unbranched alkanes of at least 4 members (excludes halogenated alkanes) is 25. The molecule has 0 aliphatic heterocycles. The van der Waals surface area contributed by atoms with Crippen molar-refractivity contribution in [1.29, 1.82) is 0 Å². The van der Waals surface area contributed by atoms with Gasteiger partial charge in [-0.3, -0.25) is 13.8 Å². The molecule has 8 nitrogen and oxygen atoms in total. The fraction of sp³-hybridized carbons (Fsp3) is 0.848. The van der Waals surface area contributed by atoms with Crippen LogP contribution in [0.25, 0.3) is 0 Å². The Morgan fingerprint density at radius 2 is 1.05 bits per heavy atom. The van der Waals surface area contributed by atoms with E-state index in [1.165, 1.54) is 116 Å². The first kappa shape index (κ1) is 53.7. The predicted octanol–water partition coefficient (Wildman–Crippen LogP) is 13.1. The van der Waals surface area contributed by atoms with E-state index in [1.807, 2.05) is 0 Å². The van der Waals surface area contributed by atoms with Gasteiger partial charge >= 0.3 is 7.82 Å². The molecule has 0 bridgehead atoms. The molecular formula is C46H89N2O6P. The number of amides is 1. The molecule has 0 heterocycles. The van der Waals surface area contributed by atoms with Gasteiger partial charge < -0.3 is 21.1 Å². The second kappa shape index (κ2) is 42.3. The third kappa shape index (κ3) is 40.7. The summed E-state index contributed by atoms with van der Waals surface area (Å²) < 4.78 is 22.2. The van der Waals surface area contributed by atoms with Crippen LogP contribution in [-0.4, -0.2) is 47.8 Å². The number of hydrogen-bond donors (Lipinski definition) is 4. The average Bonchev–Trinajstić information content (AvgIpc) is 3.17. The zero-order chi connectivity index (χ0) is 40.3. The number of carbonyl (C=O) groups excluding carboxylic acids is 1. The second-order valence-electron chi connectivity index (χ2n) is 15.6. The molecule has 1 amide bonds. The van der Waals surface area contributed by atoms with Crippen LogP contribution in [0.3, 0.4) is 0 Å². The Morgan fingerprint density at radius 1 is 0.618 bits per heavy atom. The lowest BCUT2D eigenvalue weighted by molar-refractivity contribution is -0.123. The van der Waals surface area contributed by atoms with Gasteiger partial charge in [0.2, 0.25) is 5.91 Å². The smallest absolute Gasteiger partial charge is 0.391 e. The first-order valence-electron chi connectivity index (χ1n) is 23.1. The van der Waals surface area contributed by atoms with Crippen LogP contribution in [0.1, 0.15) is 219 Å². The topological polar surface area (TPSA) is 131 Å². The van der Waals surface area contributed by atoms with E-state index in [9.17, 15) is 19.4 Å². The molecule has 0 aromatic rings. The van der Waals surface area contributed by atoms with Crippen molar-refractivity contribution in [2.75, 3.05) is 19.8 Å². The van der Waals surface area contributed by atoms with Gasteiger partial charge in [-0.2, -0.15) is 0 Å². The maximum absolute atomic E-state index is 12.8. The van der Waals surface area contributed by atoms with E-state index >= 15 is 0 Å². The number of phosphoric acid groups is 1. The number of rotatable bonds is 43. The predicted molar refractivity (Wildman–Crippen MR) is 235 cm³/mol. The minimum atomic E-state index is -4.32. The van der Waals surface area contributed by atoms with Gasteiger partial charge in [0.25, 0.3) is 0 Å². The van der Waals surface area contributed by atoms with Crippen LogP contribution in [0.5, 0.6) is 0 Å². The standard InChI is InChI=1S/C46H89N2O6P/c1-3-5-7-9-11-13-15-17-19-20-21-22-23-24-26-27-29-31-33-35-37-39-45(49)44(43-54-55(51,52)53-42-41-47)48-46(50)40-38-36-34-32-30-28-25-18-16-14-12-10-8-6-4-2/h6,8,12,14,18,25,44-45,49H,3-5,7,9-11,13,15-17,19-24,26-43,47H2,1-2H3,(H,48,50)(H,51,52)/b8-6-,14-12-,25-18-. The molecule has 0 fully saturated rings. The Hall–Kier alpha value is -1.28. The number of nitrogens with two attached hydrogens (primary N) is 1. The molecule has 0 rings (SSSR count). The lowest BCUT2D eigenvalue weighted by Crippen LogP contribution is -2.46. The number of aliphatic hydroxyl groups excluding tert-OH is 1. The van der Waals surface area contributed by atoms with Crippen molar-refractivity contribution in [2.45, 2.75) is 231 Å². The Balaban J connectivity index is 4.11. The van der Waals surface area contributed by atoms with Crippen molar-refractivity contribution < 1.29 is 28.4 Å². The van der Waals surface area contributed by atoms with Crippen molar-refractivity contribution in [3.05, 3.63) is 36.5 Å². The molecule has 0 aromatic carbocycles. The SMILES string of the molecule is CC/C=C\C/C=C\C/C=C\CCCCCCCC(=O)NC(COP(=O)(O)OCCN)C(O)CCCCCCCCCCCCCCCCCCCCCCC. The summed E-state index contributed by atoms with van der Waals surface area (Å²) in [5.41, 5.74) is 5.38. The lowest BCUT2D eigenvalue weighted by atomic mass is 10.0. The Morgan fingerprint density at radius 3 is 1.55 bits per heavy atom. The summed E-state index contributed by atoms with van der Waals surface area (Å²) >= 11 is 0. The zero-order valence-electron chi connectivity index (χ0n) is 35.9. The molecule has 9 heteroatoms. The fourth-order valence-corrected chi connectivity index (χ4v) is 7.56. The van der Waals surface area contributed by atoms with Gasteiger partial charge in [-0.25, -0.2) is 4.57 Å². The van der Waals surface area contributed by atoms with Gasteiger partial charge in [0, 0.05) is 13.0 Å². The minimum Gasteiger partial charge on any atom is -0.391 e. The summed E-state index contributed by atoms with van der Waals surface area (Å²) in [4.78, 5) is 22.7. The monoisotopic (exact) mass is 797 g/mol. The molecular weight excluding hydrogens is 707 g/mol. The van der Waals surface area contributed by atoms with Crippen LogP contribution >= 0.6 is 7.82 Å². The third-order valence-electron chi connectivity index (χ3n) is 10.3. The van der Waals surface area contributed by atoms with Crippen molar-refractivity contribution in [2.24, 2.45) is 5.73 Å². The quantitative estimate of drug-likeness (QED) is 0.0274. The largest absolute Gasteiger partial charge is 0.472 e. The summed E-state index contributed by atoms with van der Waals surface area (Å²) in [5.74, 6) is -0.178. The van der Waals surface area contributed by atoms with Crippen LogP contribution in [0.4, 0.5) is 0 Å². The molecule has 0 aromatic heterocycles. The summed E-state index contributed by atoms with van der Waals surface area (Å²) in [6, 6.07) is -0.783. The molecule has 0 radical (unpaired) electrons. The van der Waals surface area contributed by atoms with E-state index in [-0.39, 0.29) is 25.7 Å². The number of allylic oxidation sites excluding steroid dienone is 6. The molecule has 3 unspecified atom stereocenters. The van der Waals surface area contributed by atoms with E-state index < -0.39 is 20.0 Å². The Labute approximate surface area is 340 Å². The van der Waals surface area contributed by atoms with Crippen LogP contribution in [0.2, 0.25) is 0 Å².